The van der Waals surface area contributed by atoms with Gasteiger partial charge in [-0.25, -0.2) is 0 Å². The minimum absolute atomic E-state index is 0.00231. The fourth-order valence-electron chi connectivity index (χ4n) is 0.790. The van der Waals surface area contributed by atoms with Gasteiger partial charge in [0.25, 0.3) is 0 Å². The summed E-state index contributed by atoms with van der Waals surface area (Å²) in [5, 5.41) is 0. The summed E-state index contributed by atoms with van der Waals surface area (Å²) in [7, 11) is 0. The Labute approximate surface area is 54.8 Å². The SMILES string of the molecule is C=CC1OCOC1C=C. The van der Waals surface area contributed by atoms with Gasteiger partial charge in [0.2, 0.25) is 0 Å². The van der Waals surface area contributed by atoms with Gasteiger partial charge in [-0.1, -0.05) is 12.2 Å². The Hall–Kier alpha value is -0.600. The first-order valence-corrected chi connectivity index (χ1v) is 2.87. The predicted octanol–water partition coefficient (Wildman–Crippen LogP) is 1.10. The molecule has 0 N–H and O–H groups in total. The summed E-state index contributed by atoms with van der Waals surface area (Å²) in [6, 6.07) is 0. The van der Waals surface area contributed by atoms with Crippen molar-refractivity contribution in [3.8, 4) is 0 Å². The smallest absolute Gasteiger partial charge is 0.148 e. The maximum Gasteiger partial charge on any atom is 0.148 e. The fraction of sp³-hybridized carbons (Fsp3) is 0.429. The van der Waals surface area contributed by atoms with Crippen LogP contribution < -0.4 is 0 Å². The van der Waals surface area contributed by atoms with Crippen molar-refractivity contribution in [1.29, 1.82) is 0 Å². The molecule has 0 radical (unpaired) electrons. The lowest BCUT2D eigenvalue weighted by Gasteiger charge is -2.05. The summed E-state index contributed by atoms with van der Waals surface area (Å²) in [4.78, 5) is 0. The highest BCUT2D eigenvalue weighted by molar-refractivity contribution is 4.97. The molecule has 1 fully saturated rings. The van der Waals surface area contributed by atoms with E-state index in [1.165, 1.54) is 0 Å². The molecule has 0 amide bonds. The Morgan fingerprint density at radius 1 is 1.11 bits per heavy atom. The van der Waals surface area contributed by atoms with Crippen molar-refractivity contribution >= 4 is 0 Å². The molecular weight excluding hydrogens is 116 g/mol. The highest BCUT2D eigenvalue weighted by atomic mass is 16.7. The largest absolute Gasteiger partial charge is 0.345 e. The topological polar surface area (TPSA) is 18.5 Å². The molecule has 2 atom stereocenters. The molecule has 1 aliphatic rings. The van der Waals surface area contributed by atoms with Gasteiger partial charge >= 0.3 is 0 Å². The Kier molecular flexibility index (Phi) is 2.03. The highest BCUT2D eigenvalue weighted by Crippen LogP contribution is 2.13. The normalized spacial score (nSPS) is 34.2. The molecule has 50 valence electrons. The summed E-state index contributed by atoms with van der Waals surface area (Å²) in [6.45, 7) is 7.53. The quantitative estimate of drug-likeness (QED) is 0.516. The number of rotatable bonds is 2. The number of hydrogen-bond acceptors (Lipinski definition) is 2. The third-order valence-corrected chi connectivity index (χ3v) is 1.31. The molecule has 0 aromatic carbocycles. The average molecular weight is 126 g/mol. The Bertz CT molecular complexity index is 106. The first-order chi connectivity index (χ1) is 4.38. The molecule has 0 aliphatic carbocycles. The minimum Gasteiger partial charge on any atom is -0.345 e. The molecule has 1 rings (SSSR count). The van der Waals surface area contributed by atoms with Crippen LogP contribution in [0.5, 0.6) is 0 Å². The van der Waals surface area contributed by atoms with Crippen molar-refractivity contribution in [3.63, 3.8) is 0 Å². The van der Waals surface area contributed by atoms with Crippen LogP contribution in [-0.4, -0.2) is 19.0 Å². The fourth-order valence-corrected chi connectivity index (χ4v) is 0.790. The zero-order valence-electron chi connectivity index (χ0n) is 5.25. The van der Waals surface area contributed by atoms with Gasteiger partial charge < -0.3 is 9.47 Å². The van der Waals surface area contributed by atoms with Gasteiger partial charge in [0.1, 0.15) is 19.0 Å². The molecule has 0 bridgehead atoms. The van der Waals surface area contributed by atoms with E-state index in [0.29, 0.717) is 6.79 Å². The maximum atomic E-state index is 5.09. The predicted molar refractivity (Wildman–Crippen MR) is 35.0 cm³/mol. The molecule has 0 saturated carbocycles. The van der Waals surface area contributed by atoms with Gasteiger partial charge in [-0.05, 0) is 0 Å². The van der Waals surface area contributed by atoms with Gasteiger partial charge in [-0.15, -0.1) is 13.2 Å². The van der Waals surface area contributed by atoms with Crippen LogP contribution in [0.4, 0.5) is 0 Å². The van der Waals surface area contributed by atoms with E-state index < -0.39 is 0 Å². The summed E-state index contributed by atoms with van der Waals surface area (Å²) in [5.41, 5.74) is 0. The third-order valence-electron chi connectivity index (χ3n) is 1.31. The Morgan fingerprint density at radius 3 is 1.89 bits per heavy atom. The number of hydrogen-bond donors (Lipinski definition) is 0. The van der Waals surface area contributed by atoms with Crippen LogP contribution in [0.25, 0.3) is 0 Å². The molecule has 1 saturated heterocycles. The third kappa shape index (κ3) is 1.20. The van der Waals surface area contributed by atoms with Crippen LogP contribution >= 0.6 is 0 Å². The first kappa shape index (κ1) is 6.52. The molecular formula is C7H10O2. The highest BCUT2D eigenvalue weighted by Gasteiger charge is 2.22. The second-order valence-electron chi connectivity index (χ2n) is 1.85. The van der Waals surface area contributed by atoms with Crippen molar-refractivity contribution in [2.24, 2.45) is 0 Å². The van der Waals surface area contributed by atoms with E-state index in [1.807, 2.05) is 0 Å². The molecule has 0 aromatic heterocycles. The van der Waals surface area contributed by atoms with E-state index in [9.17, 15) is 0 Å². The minimum atomic E-state index is 0.00231. The number of ether oxygens (including phenoxy) is 2. The van der Waals surface area contributed by atoms with Crippen molar-refractivity contribution < 1.29 is 9.47 Å². The summed E-state index contributed by atoms with van der Waals surface area (Å²) < 4.78 is 10.2. The maximum absolute atomic E-state index is 5.09. The van der Waals surface area contributed by atoms with E-state index in [2.05, 4.69) is 13.2 Å². The monoisotopic (exact) mass is 126 g/mol. The molecule has 0 aromatic rings. The van der Waals surface area contributed by atoms with E-state index in [-0.39, 0.29) is 12.2 Å². The molecule has 0 spiro atoms. The van der Waals surface area contributed by atoms with Crippen molar-refractivity contribution in [1.82, 2.24) is 0 Å². The van der Waals surface area contributed by atoms with Crippen molar-refractivity contribution in [3.05, 3.63) is 25.3 Å². The van der Waals surface area contributed by atoms with Crippen LogP contribution in [0.2, 0.25) is 0 Å². The standard InChI is InChI=1S/C7H10O2/c1-3-6-7(4-2)9-5-8-6/h3-4,6-7H,1-2,5H2. The summed E-state index contributed by atoms with van der Waals surface area (Å²) in [5.74, 6) is 0. The Balaban J connectivity index is 2.50. The van der Waals surface area contributed by atoms with E-state index in [4.69, 9.17) is 9.47 Å². The molecule has 1 heterocycles. The van der Waals surface area contributed by atoms with Crippen LogP contribution in [0.15, 0.2) is 25.3 Å². The van der Waals surface area contributed by atoms with Crippen LogP contribution in [0, 0.1) is 0 Å². The second kappa shape index (κ2) is 2.80. The van der Waals surface area contributed by atoms with Gasteiger partial charge in [-0.3, -0.25) is 0 Å². The lowest BCUT2D eigenvalue weighted by molar-refractivity contribution is 0.0501. The molecule has 2 heteroatoms. The molecule has 9 heavy (non-hydrogen) atoms. The van der Waals surface area contributed by atoms with Crippen LogP contribution in [0.1, 0.15) is 0 Å². The van der Waals surface area contributed by atoms with Gasteiger partial charge in [0.05, 0.1) is 0 Å². The van der Waals surface area contributed by atoms with Crippen LogP contribution in [0.3, 0.4) is 0 Å². The second-order valence-corrected chi connectivity index (χ2v) is 1.85. The zero-order chi connectivity index (χ0) is 6.69. The Morgan fingerprint density at radius 2 is 1.56 bits per heavy atom. The average Bonchev–Trinajstić information content (AvgIpc) is 2.33. The van der Waals surface area contributed by atoms with Crippen LogP contribution in [-0.2, 0) is 9.47 Å². The molecule has 1 aliphatic heterocycles. The van der Waals surface area contributed by atoms with E-state index >= 15 is 0 Å². The summed E-state index contributed by atoms with van der Waals surface area (Å²) >= 11 is 0. The van der Waals surface area contributed by atoms with Crippen molar-refractivity contribution in [2.45, 2.75) is 12.2 Å². The lowest BCUT2D eigenvalue weighted by Crippen LogP contribution is -2.16. The van der Waals surface area contributed by atoms with Crippen molar-refractivity contribution in [2.75, 3.05) is 6.79 Å². The molecule has 2 nitrogen and oxygen atoms in total. The van der Waals surface area contributed by atoms with E-state index in [0.717, 1.165) is 0 Å². The lowest BCUT2D eigenvalue weighted by atomic mass is 10.2. The van der Waals surface area contributed by atoms with Gasteiger partial charge in [0, 0.05) is 0 Å². The van der Waals surface area contributed by atoms with Gasteiger partial charge in [0.15, 0.2) is 0 Å². The summed E-state index contributed by atoms with van der Waals surface area (Å²) in [6.07, 6.45) is 3.45. The van der Waals surface area contributed by atoms with Gasteiger partial charge in [-0.2, -0.15) is 0 Å². The van der Waals surface area contributed by atoms with E-state index in [1.54, 1.807) is 12.2 Å². The molecule has 2 unspecified atom stereocenters. The first-order valence-electron chi connectivity index (χ1n) is 2.87. The zero-order valence-corrected chi connectivity index (χ0v) is 5.25.